The average molecular weight is 726 g/mol. The fourth-order valence-electron chi connectivity index (χ4n) is 8.24. The lowest BCUT2D eigenvalue weighted by Gasteiger charge is -2.26. The molecule has 10 rings (SSSR count). The van der Waals surface area contributed by atoms with Gasteiger partial charge in [-0.1, -0.05) is 188 Å². The molecule has 0 aliphatic carbocycles. The Balaban J connectivity index is 1.04. The molecule has 10 aromatic carbocycles. The highest BCUT2D eigenvalue weighted by atomic mass is 15.1. The minimum absolute atomic E-state index is 1.11. The van der Waals surface area contributed by atoms with Gasteiger partial charge in [-0.05, 0) is 126 Å². The van der Waals surface area contributed by atoms with Gasteiger partial charge in [-0.25, -0.2) is 0 Å². The van der Waals surface area contributed by atoms with Gasteiger partial charge < -0.3 is 4.90 Å². The quantitative estimate of drug-likeness (QED) is 0.141. The zero-order valence-electron chi connectivity index (χ0n) is 31.5. The first-order valence-corrected chi connectivity index (χ1v) is 19.6. The molecule has 1 nitrogen and oxygen atoms in total. The van der Waals surface area contributed by atoms with Gasteiger partial charge in [0, 0.05) is 17.1 Å². The Labute approximate surface area is 334 Å². The minimum atomic E-state index is 1.11. The Morgan fingerprint density at radius 1 is 0.228 bits per heavy atom. The van der Waals surface area contributed by atoms with E-state index >= 15 is 0 Å². The van der Waals surface area contributed by atoms with Crippen LogP contribution >= 0.6 is 0 Å². The maximum absolute atomic E-state index is 2.36. The monoisotopic (exact) mass is 725 g/mol. The van der Waals surface area contributed by atoms with Gasteiger partial charge in [0.2, 0.25) is 0 Å². The van der Waals surface area contributed by atoms with E-state index in [9.17, 15) is 0 Å². The third kappa shape index (κ3) is 6.66. The second-order valence-corrected chi connectivity index (χ2v) is 14.5. The summed E-state index contributed by atoms with van der Waals surface area (Å²) < 4.78 is 0. The number of hydrogen-bond donors (Lipinski definition) is 0. The van der Waals surface area contributed by atoms with Crippen LogP contribution in [0.15, 0.2) is 237 Å². The average Bonchev–Trinajstić information content (AvgIpc) is 3.30. The summed E-state index contributed by atoms with van der Waals surface area (Å²) in [7, 11) is 0. The molecule has 0 fully saturated rings. The number of anilines is 3. The van der Waals surface area contributed by atoms with Gasteiger partial charge >= 0.3 is 0 Å². The summed E-state index contributed by atoms with van der Waals surface area (Å²) in [6.07, 6.45) is 0. The molecule has 0 N–H and O–H groups in total. The summed E-state index contributed by atoms with van der Waals surface area (Å²) in [5.74, 6) is 0. The molecule has 0 saturated heterocycles. The van der Waals surface area contributed by atoms with Crippen LogP contribution in [0, 0.1) is 0 Å². The minimum Gasteiger partial charge on any atom is -0.310 e. The molecule has 0 bridgehead atoms. The van der Waals surface area contributed by atoms with E-state index in [0.29, 0.717) is 0 Å². The normalized spacial score (nSPS) is 11.2. The molecule has 0 atom stereocenters. The molecule has 0 amide bonds. The van der Waals surface area contributed by atoms with E-state index in [1.54, 1.807) is 0 Å². The third-order valence-electron chi connectivity index (χ3n) is 11.0. The molecular weight excluding hydrogens is 687 g/mol. The predicted octanol–water partition coefficient (Wildman–Crippen LogP) is 15.8. The van der Waals surface area contributed by atoms with E-state index in [4.69, 9.17) is 0 Å². The highest BCUT2D eigenvalue weighted by Crippen LogP contribution is 2.44. The van der Waals surface area contributed by atoms with E-state index in [1.165, 1.54) is 77.2 Å². The van der Waals surface area contributed by atoms with Crippen molar-refractivity contribution >= 4 is 38.6 Å². The summed E-state index contributed by atoms with van der Waals surface area (Å²) in [5, 5.41) is 5.03. The van der Waals surface area contributed by atoms with Crippen LogP contribution in [0.4, 0.5) is 17.1 Å². The lowest BCUT2D eigenvalue weighted by atomic mass is 9.84. The second kappa shape index (κ2) is 15.0. The van der Waals surface area contributed by atoms with Gasteiger partial charge in [0.05, 0.1) is 0 Å². The number of nitrogens with zero attached hydrogens (tertiary/aromatic N) is 1. The predicted molar refractivity (Wildman–Crippen MR) is 243 cm³/mol. The Kier molecular flexibility index (Phi) is 8.95. The maximum atomic E-state index is 2.36. The van der Waals surface area contributed by atoms with Crippen LogP contribution < -0.4 is 4.90 Å². The van der Waals surface area contributed by atoms with E-state index in [0.717, 1.165) is 17.1 Å². The van der Waals surface area contributed by atoms with Crippen molar-refractivity contribution in [2.24, 2.45) is 0 Å². The molecule has 0 spiro atoms. The molecule has 1 heteroatoms. The summed E-state index contributed by atoms with van der Waals surface area (Å²) in [5.41, 5.74) is 15.4. The van der Waals surface area contributed by atoms with E-state index in [1.807, 2.05) is 0 Å². The topological polar surface area (TPSA) is 3.24 Å². The lowest BCUT2D eigenvalue weighted by molar-refractivity contribution is 1.29. The van der Waals surface area contributed by atoms with Crippen LogP contribution in [0.1, 0.15) is 0 Å². The number of hydrogen-bond acceptors (Lipinski definition) is 1. The molecule has 0 unspecified atom stereocenters. The molecule has 0 heterocycles. The number of rotatable bonds is 8. The zero-order valence-corrected chi connectivity index (χ0v) is 31.5. The summed E-state index contributed by atoms with van der Waals surface area (Å²) >= 11 is 0. The molecule has 0 aliphatic heterocycles. The first-order chi connectivity index (χ1) is 28.3. The largest absolute Gasteiger partial charge is 0.310 e. The zero-order chi connectivity index (χ0) is 38.0. The third-order valence-corrected chi connectivity index (χ3v) is 11.0. The molecular formula is C56H39N. The van der Waals surface area contributed by atoms with Crippen molar-refractivity contribution in [2.75, 3.05) is 4.90 Å². The maximum Gasteiger partial charge on any atom is 0.0468 e. The summed E-state index contributed by atoms with van der Waals surface area (Å²) in [6, 6.07) is 85.6. The SMILES string of the molecule is c1ccc(-c2cc(-c3ccccc3)c(-c3ccc(-c4ccc(N(c5ccccc5)c5ccc6c(ccc7ccccc76)c5)cc4)cc3)c(-c3ccccc3)c2)cc1. The first kappa shape index (κ1) is 34.0. The molecule has 0 aromatic heterocycles. The van der Waals surface area contributed by atoms with E-state index in [-0.39, 0.29) is 0 Å². The van der Waals surface area contributed by atoms with Crippen LogP contribution in [0.5, 0.6) is 0 Å². The van der Waals surface area contributed by atoms with Gasteiger partial charge in [-0.2, -0.15) is 0 Å². The first-order valence-electron chi connectivity index (χ1n) is 19.6. The van der Waals surface area contributed by atoms with Crippen molar-refractivity contribution in [1.82, 2.24) is 0 Å². The molecule has 57 heavy (non-hydrogen) atoms. The highest BCUT2D eigenvalue weighted by Gasteiger charge is 2.18. The fraction of sp³-hybridized carbons (Fsp3) is 0. The van der Waals surface area contributed by atoms with Crippen LogP contribution in [0.2, 0.25) is 0 Å². The van der Waals surface area contributed by atoms with Crippen molar-refractivity contribution in [3.05, 3.63) is 237 Å². The van der Waals surface area contributed by atoms with Crippen LogP contribution in [0.3, 0.4) is 0 Å². The Morgan fingerprint density at radius 2 is 0.649 bits per heavy atom. The van der Waals surface area contributed by atoms with Crippen LogP contribution in [0.25, 0.3) is 77.2 Å². The smallest absolute Gasteiger partial charge is 0.0468 e. The van der Waals surface area contributed by atoms with Crippen LogP contribution in [-0.2, 0) is 0 Å². The Hall–Kier alpha value is -7.48. The van der Waals surface area contributed by atoms with Crippen molar-refractivity contribution in [1.29, 1.82) is 0 Å². The fourth-order valence-corrected chi connectivity index (χ4v) is 8.24. The second-order valence-electron chi connectivity index (χ2n) is 14.5. The molecule has 10 aromatic rings. The summed E-state index contributed by atoms with van der Waals surface area (Å²) in [6.45, 7) is 0. The van der Waals surface area contributed by atoms with Crippen molar-refractivity contribution in [3.8, 4) is 55.6 Å². The van der Waals surface area contributed by atoms with E-state index in [2.05, 4.69) is 241 Å². The molecule has 0 saturated carbocycles. The Morgan fingerprint density at radius 3 is 1.26 bits per heavy atom. The van der Waals surface area contributed by atoms with Gasteiger partial charge in [0.1, 0.15) is 0 Å². The molecule has 0 radical (unpaired) electrons. The van der Waals surface area contributed by atoms with Gasteiger partial charge in [0.15, 0.2) is 0 Å². The number of fused-ring (bicyclic) bond motifs is 3. The van der Waals surface area contributed by atoms with Gasteiger partial charge in [0.25, 0.3) is 0 Å². The molecule has 268 valence electrons. The standard InChI is InChI=1S/C56H39N/c1-5-15-40(16-6-1)48-38-54(43-17-7-2-8-18-43)56(55(39-48)44-19-9-3-10-20-44)46-28-25-41(26-29-46)42-31-33-50(34-32-42)57(49-22-11-4-12-23-49)51-35-36-53-47(37-51)30-27-45-21-13-14-24-52(45)53/h1-39H. The number of benzene rings is 10. The van der Waals surface area contributed by atoms with Gasteiger partial charge in [-0.3, -0.25) is 0 Å². The van der Waals surface area contributed by atoms with Crippen molar-refractivity contribution < 1.29 is 0 Å². The van der Waals surface area contributed by atoms with Crippen molar-refractivity contribution in [3.63, 3.8) is 0 Å². The molecule has 0 aliphatic rings. The number of para-hydroxylation sites is 1. The lowest BCUT2D eigenvalue weighted by Crippen LogP contribution is -2.09. The van der Waals surface area contributed by atoms with Crippen LogP contribution in [-0.4, -0.2) is 0 Å². The van der Waals surface area contributed by atoms with E-state index < -0.39 is 0 Å². The van der Waals surface area contributed by atoms with Crippen molar-refractivity contribution in [2.45, 2.75) is 0 Å². The Bertz CT molecular complexity index is 2890. The van der Waals surface area contributed by atoms with Gasteiger partial charge in [-0.15, -0.1) is 0 Å². The summed E-state index contributed by atoms with van der Waals surface area (Å²) in [4.78, 5) is 2.34. The highest BCUT2D eigenvalue weighted by molar-refractivity contribution is 6.08.